The average Bonchev–Trinajstić information content (AvgIpc) is 3.17. The molecule has 1 saturated carbocycles. The molecule has 1 aliphatic rings. The zero-order valence-corrected chi connectivity index (χ0v) is 15.9. The number of nitrogens with one attached hydrogen (secondary N) is 3. The molecule has 0 aromatic carbocycles. The van der Waals surface area contributed by atoms with Crippen molar-refractivity contribution in [1.82, 2.24) is 15.2 Å². The van der Waals surface area contributed by atoms with Crippen molar-refractivity contribution in [2.45, 2.75) is 57.5 Å². The zero-order valence-electron chi connectivity index (χ0n) is 15.1. The molecule has 1 aromatic rings. The number of aliphatic imine (C=N–C) groups is 1. The van der Waals surface area contributed by atoms with Crippen LogP contribution in [0.3, 0.4) is 0 Å². The largest absolute Gasteiger partial charge is 0.325 e. The standard InChI is InChI=1S/C18H28N6OS/c19-15-22-18(23-16-9-12-20-13-10-16)21-11-5-1-2-6-14-26-24-25-17-7-3-4-8-17/h9-10,12-13,17,24H,1-8,11,14H2,(H2,20,21,22,23). The Hall–Kier alpha value is -1.82. The summed E-state index contributed by atoms with van der Waals surface area (Å²) in [4.78, 5) is 17.0. The van der Waals surface area contributed by atoms with Gasteiger partial charge in [-0.15, -0.1) is 4.89 Å². The summed E-state index contributed by atoms with van der Waals surface area (Å²) in [7, 11) is 0. The van der Waals surface area contributed by atoms with E-state index in [2.05, 4.69) is 25.5 Å². The number of pyridine rings is 1. The van der Waals surface area contributed by atoms with E-state index < -0.39 is 0 Å². The summed E-state index contributed by atoms with van der Waals surface area (Å²) in [6.45, 7) is 0.693. The van der Waals surface area contributed by atoms with Crippen LogP contribution >= 0.6 is 11.9 Å². The van der Waals surface area contributed by atoms with E-state index in [4.69, 9.17) is 10.1 Å². The van der Waals surface area contributed by atoms with Crippen LogP contribution in [0.1, 0.15) is 51.4 Å². The molecule has 1 aromatic heterocycles. The fourth-order valence-electron chi connectivity index (χ4n) is 2.72. The monoisotopic (exact) mass is 376 g/mol. The van der Waals surface area contributed by atoms with Gasteiger partial charge in [-0.25, -0.2) is 0 Å². The SMILES string of the molecule is N#CNC(=NCCCCCCSNOC1CCCC1)Nc1ccncc1. The third kappa shape index (κ3) is 9.04. The highest BCUT2D eigenvalue weighted by Gasteiger charge is 2.15. The van der Waals surface area contributed by atoms with Crippen LogP contribution in [-0.4, -0.2) is 29.3 Å². The number of hydrogen-bond donors (Lipinski definition) is 3. The highest BCUT2D eigenvalue weighted by molar-refractivity contribution is 7.97. The van der Waals surface area contributed by atoms with Crippen molar-refractivity contribution >= 4 is 23.6 Å². The lowest BCUT2D eigenvalue weighted by atomic mass is 10.2. The predicted molar refractivity (Wildman–Crippen MR) is 106 cm³/mol. The van der Waals surface area contributed by atoms with Gasteiger partial charge in [-0.05, 0) is 37.8 Å². The first kappa shape index (κ1) is 20.5. The van der Waals surface area contributed by atoms with Crippen LogP contribution in [0.5, 0.6) is 0 Å². The van der Waals surface area contributed by atoms with Crippen LogP contribution in [-0.2, 0) is 4.84 Å². The third-order valence-corrected chi connectivity index (χ3v) is 4.82. The molecule has 0 amide bonds. The second-order valence-corrected chi connectivity index (χ2v) is 7.06. The first-order valence-electron chi connectivity index (χ1n) is 9.27. The number of anilines is 1. The Bertz CT molecular complexity index is 557. The molecular formula is C18H28N6OS. The summed E-state index contributed by atoms with van der Waals surface area (Å²) in [5, 5.41) is 14.5. The molecule has 0 unspecified atom stereocenters. The lowest BCUT2D eigenvalue weighted by Crippen LogP contribution is -2.27. The molecule has 8 heteroatoms. The Morgan fingerprint density at radius 3 is 2.77 bits per heavy atom. The van der Waals surface area contributed by atoms with Crippen LogP contribution in [0.25, 0.3) is 0 Å². The molecule has 0 aliphatic heterocycles. The van der Waals surface area contributed by atoms with Crippen molar-refractivity contribution in [2.24, 2.45) is 4.99 Å². The molecule has 3 N–H and O–H groups in total. The number of hydrogen-bond acceptors (Lipinski definition) is 6. The van der Waals surface area contributed by atoms with Gasteiger partial charge < -0.3 is 5.32 Å². The van der Waals surface area contributed by atoms with E-state index in [0.29, 0.717) is 18.6 Å². The second kappa shape index (κ2) is 13.4. The van der Waals surface area contributed by atoms with Crippen molar-refractivity contribution in [3.8, 4) is 6.19 Å². The van der Waals surface area contributed by atoms with E-state index in [1.165, 1.54) is 32.1 Å². The number of guanidine groups is 1. The van der Waals surface area contributed by atoms with E-state index in [1.807, 2.05) is 18.3 Å². The van der Waals surface area contributed by atoms with E-state index in [-0.39, 0.29) is 0 Å². The van der Waals surface area contributed by atoms with E-state index in [0.717, 1.165) is 30.7 Å². The zero-order chi connectivity index (χ0) is 18.3. The number of aromatic nitrogens is 1. The smallest absolute Gasteiger partial charge is 0.209 e. The number of nitrogens with zero attached hydrogens (tertiary/aromatic N) is 3. The first-order valence-corrected chi connectivity index (χ1v) is 10.3. The molecular weight excluding hydrogens is 348 g/mol. The molecule has 1 aliphatic carbocycles. The molecule has 7 nitrogen and oxygen atoms in total. The Morgan fingerprint density at radius 2 is 2.00 bits per heavy atom. The first-order chi connectivity index (χ1) is 12.9. The molecule has 1 heterocycles. The van der Waals surface area contributed by atoms with Gasteiger partial charge in [0, 0.05) is 30.4 Å². The van der Waals surface area contributed by atoms with Crippen LogP contribution in [0.15, 0.2) is 29.5 Å². The van der Waals surface area contributed by atoms with Crippen molar-refractivity contribution in [3.05, 3.63) is 24.5 Å². The van der Waals surface area contributed by atoms with E-state index >= 15 is 0 Å². The molecule has 2 rings (SSSR count). The Labute approximate surface area is 160 Å². The van der Waals surface area contributed by atoms with Crippen LogP contribution in [0.4, 0.5) is 5.69 Å². The quantitative estimate of drug-likeness (QED) is 0.103. The van der Waals surface area contributed by atoms with E-state index in [1.54, 1.807) is 24.3 Å². The topological polar surface area (TPSA) is 94.4 Å². The summed E-state index contributed by atoms with van der Waals surface area (Å²) in [6.07, 6.45) is 15.1. The maximum absolute atomic E-state index is 8.81. The normalized spacial score (nSPS) is 15.0. The predicted octanol–water partition coefficient (Wildman–Crippen LogP) is 3.59. The number of rotatable bonds is 11. The van der Waals surface area contributed by atoms with Crippen molar-refractivity contribution in [2.75, 3.05) is 17.6 Å². The van der Waals surface area contributed by atoms with Crippen molar-refractivity contribution < 1.29 is 4.84 Å². The van der Waals surface area contributed by atoms with Gasteiger partial charge in [-0.2, -0.15) is 5.26 Å². The minimum absolute atomic E-state index is 0.414. The molecule has 0 bridgehead atoms. The van der Waals surface area contributed by atoms with Crippen molar-refractivity contribution in [1.29, 1.82) is 5.26 Å². The fraction of sp³-hybridized carbons (Fsp3) is 0.611. The average molecular weight is 377 g/mol. The maximum Gasteiger partial charge on any atom is 0.209 e. The third-order valence-electron chi connectivity index (χ3n) is 4.12. The molecule has 26 heavy (non-hydrogen) atoms. The van der Waals surface area contributed by atoms with Gasteiger partial charge in [0.1, 0.15) is 0 Å². The summed E-state index contributed by atoms with van der Waals surface area (Å²) in [6, 6.07) is 3.66. The maximum atomic E-state index is 8.81. The Balaban J connectivity index is 1.48. The molecule has 0 spiro atoms. The summed E-state index contributed by atoms with van der Waals surface area (Å²) in [5.74, 6) is 1.53. The van der Waals surface area contributed by atoms with Crippen molar-refractivity contribution in [3.63, 3.8) is 0 Å². The Kier molecular flexibility index (Phi) is 10.6. The van der Waals surface area contributed by atoms with Crippen LogP contribution in [0.2, 0.25) is 0 Å². The lowest BCUT2D eigenvalue weighted by molar-refractivity contribution is 0.0281. The summed E-state index contributed by atoms with van der Waals surface area (Å²) < 4.78 is 0. The minimum atomic E-state index is 0.414. The van der Waals surface area contributed by atoms with Gasteiger partial charge in [-0.3, -0.25) is 20.1 Å². The van der Waals surface area contributed by atoms with Crippen LogP contribution < -0.4 is 15.5 Å². The number of unbranched alkanes of at least 4 members (excludes halogenated alkanes) is 3. The van der Waals surface area contributed by atoms with Gasteiger partial charge in [0.15, 0.2) is 6.19 Å². The van der Waals surface area contributed by atoms with Gasteiger partial charge in [-0.1, -0.05) is 37.6 Å². The fourth-order valence-corrected chi connectivity index (χ4v) is 3.35. The van der Waals surface area contributed by atoms with Gasteiger partial charge in [0.25, 0.3) is 0 Å². The Morgan fingerprint density at radius 1 is 1.23 bits per heavy atom. The molecule has 142 valence electrons. The minimum Gasteiger partial charge on any atom is -0.325 e. The van der Waals surface area contributed by atoms with Gasteiger partial charge in [0.2, 0.25) is 5.96 Å². The molecule has 0 saturated heterocycles. The van der Waals surface area contributed by atoms with Gasteiger partial charge in [0.05, 0.1) is 6.10 Å². The van der Waals surface area contributed by atoms with Gasteiger partial charge >= 0.3 is 0 Å². The molecule has 1 fully saturated rings. The highest BCUT2D eigenvalue weighted by Crippen LogP contribution is 2.20. The summed E-state index contributed by atoms with van der Waals surface area (Å²) in [5.41, 5.74) is 0.853. The van der Waals surface area contributed by atoms with Crippen LogP contribution in [0, 0.1) is 11.5 Å². The lowest BCUT2D eigenvalue weighted by Gasteiger charge is -2.10. The van der Waals surface area contributed by atoms with E-state index in [9.17, 15) is 0 Å². The molecule has 0 atom stereocenters. The second-order valence-electron chi connectivity index (χ2n) is 6.20. The highest BCUT2D eigenvalue weighted by atomic mass is 32.2. The number of nitriles is 1. The molecule has 0 radical (unpaired) electrons. The summed E-state index contributed by atoms with van der Waals surface area (Å²) >= 11 is 1.66.